The van der Waals surface area contributed by atoms with Gasteiger partial charge in [-0.15, -0.1) is 0 Å². The Labute approximate surface area is 239 Å². The van der Waals surface area contributed by atoms with E-state index in [0.29, 0.717) is 11.4 Å². The van der Waals surface area contributed by atoms with Gasteiger partial charge in [0.25, 0.3) is 0 Å². The number of hydrogen-bond donors (Lipinski definition) is 1. The first-order valence-electron chi connectivity index (χ1n) is 12.5. The topological polar surface area (TPSA) is 96.0 Å². The highest BCUT2D eigenvalue weighted by Crippen LogP contribution is 2.24. The molecule has 2 amide bonds. The van der Waals surface area contributed by atoms with Crippen LogP contribution in [0.4, 0.5) is 5.69 Å². The molecule has 1 N–H and O–H groups in total. The summed E-state index contributed by atoms with van der Waals surface area (Å²) in [4.78, 5) is 29.0. The first kappa shape index (κ1) is 30.2. The molecule has 0 heterocycles. The molecular formula is C29H34BrN3O5S. The predicted octanol–water partition coefficient (Wildman–Crippen LogP) is 4.39. The number of nitrogens with zero attached hydrogens (tertiary/aromatic N) is 2. The lowest BCUT2D eigenvalue weighted by Crippen LogP contribution is -2.54. The van der Waals surface area contributed by atoms with Crippen molar-refractivity contribution >= 4 is 43.5 Å². The van der Waals surface area contributed by atoms with Gasteiger partial charge in [-0.05, 0) is 49.2 Å². The number of nitrogens with one attached hydrogen (secondary N) is 1. The number of carbonyl (C=O) groups excluding carboxylic acids is 2. The summed E-state index contributed by atoms with van der Waals surface area (Å²) in [7, 11) is -2.37. The van der Waals surface area contributed by atoms with E-state index < -0.39 is 28.5 Å². The van der Waals surface area contributed by atoms with Crippen LogP contribution in [0.3, 0.4) is 0 Å². The Kier molecular flexibility index (Phi) is 10.5. The van der Waals surface area contributed by atoms with Crippen LogP contribution in [0.2, 0.25) is 0 Å². The normalized spacial score (nSPS) is 12.1. The third-order valence-electron chi connectivity index (χ3n) is 5.96. The zero-order chi connectivity index (χ0) is 28.6. The molecule has 0 saturated carbocycles. The van der Waals surface area contributed by atoms with Crippen molar-refractivity contribution in [1.29, 1.82) is 0 Å². The van der Waals surface area contributed by atoms with Crippen molar-refractivity contribution in [3.05, 3.63) is 94.5 Å². The number of sulfonamides is 1. The molecule has 0 fully saturated rings. The molecule has 10 heteroatoms. The summed E-state index contributed by atoms with van der Waals surface area (Å²) in [5.74, 6) is -0.370. The van der Waals surface area contributed by atoms with E-state index in [9.17, 15) is 18.0 Å². The van der Waals surface area contributed by atoms with Crippen LogP contribution in [0.15, 0.2) is 83.3 Å². The van der Waals surface area contributed by atoms with Crippen molar-refractivity contribution in [2.75, 3.05) is 24.2 Å². The smallest absolute Gasteiger partial charge is 0.244 e. The summed E-state index contributed by atoms with van der Waals surface area (Å²) in [6, 6.07) is 22.4. The highest BCUT2D eigenvalue weighted by molar-refractivity contribution is 9.10. The molecule has 3 aromatic rings. The summed E-state index contributed by atoms with van der Waals surface area (Å²) in [6.45, 7) is 3.33. The number of halogens is 1. The highest BCUT2D eigenvalue weighted by Gasteiger charge is 2.33. The Balaban J connectivity index is 2.06. The Morgan fingerprint density at radius 3 is 2.23 bits per heavy atom. The van der Waals surface area contributed by atoms with Crippen LogP contribution in [-0.4, -0.2) is 57.1 Å². The van der Waals surface area contributed by atoms with Crippen LogP contribution in [0.5, 0.6) is 5.75 Å². The Hall–Kier alpha value is -3.37. The molecule has 0 radical (unpaired) electrons. The maximum absolute atomic E-state index is 14.0. The average Bonchev–Trinajstić information content (AvgIpc) is 2.88. The van der Waals surface area contributed by atoms with Crippen molar-refractivity contribution in [1.82, 2.24) is 10.2 Å². The predicted molar refractivity (Wildman–Crippen MR) is 157 cm³/mol. The lowest BCUT2D eigenvalue weighted by molar-refractivity contribution is -0.140. The van der Waals surface area contributed by atoms with E-state index in [0.717, 1.165) is 26.2 Å². The number of ether oxygens (including phenoxy) is 1. The average molecular weight is 617 g/mol. The summed E-state index contributed by atoms with van der Waals surface area (Å²) in [5, 5.41) is 2.94. The number of methoxy groups -OCH3 is 1. The Bertz CT molecular complexity index is 1380. The quantitative estimate of drug-likeness (QED) is 0.326. The van der Waals surface area contributed by atoms with E-state index in [-0.39, 0.29) is 24.9 Å². The van der Waals surface area contributed by atoms with Crippen molar-refractivity contribution < 1.29 is 22.7 Å². The second-order valence-corrected chi connectivity index (χ2v) is 12.3. The van der Waals surface area contributed by atoms with Gasteiger partial charge in [-0.1, -0.05) is 64.5 Å². The van der Waals surface area contributed by atoms with Gasteiger partial charge in [0.05, 0.1) is 19.1 Å². The molecule has 0 spiro atoms. The largest absolute Gasteiger partial charge is 0.497 e. The van der Waals surface area contributed by atoms with Gasteiger partial charge in [-0.3, -0.25) is 13.9 Å². The van der Waals surface area contributed by atoms with E-state index in [1.54, 1.807) is 24.3 Å². The lowest BCUT2D eigenvalue weighted by Gasteiger charge is -2.34. The summed E-state index contributed by atoms with van der Waals surface area (Å²) in [5.41, 5.74) is 1.96. The fourth-order valence-electron chi connectivity index (χ4n) is 4.15. The molecule has 3 aromatic carbocycles. The molecule has 0 saturated heterocycles. The molecule has 3 rings (SSSR count). The van der Waals surface area contributed by atoms with Crippen molar-refractivity contribution in [2.45, 2.75) is 38.9 Å². The summed E-state index contributed by atoms with van der Waals surface area (Å²) < 4.78 is 32.8. The van der Waals surface area contributed by atoms with Gasteiger partial charge in [0.2, 0.25) is 21.8 Å². The number of benzene rings is 3. The zero-order valence-corrected chi connectivity index (χ0v) is 24.9. The van der Waals surface area contributed by atoms with Crippen LogP contribution < -0.4 is 14.4 Å². The van der Waals surface area contributed by atoms with E-state index in [2.05, 4.69) is 21.2 Å². The van der Waals surface area contributed by atoms with Gasteiger partial charge in [0.15, 0.2) is 0 Å². The van der Waals surface area contributed by atoms with Gasteiger partial charge in [0.1, 0.15) is 18.3 Å². The molecule has 0 aliphatic carbocycles. The van der Waals surface area contributed by atoms with E-state index in [4.69, 9.17) is 4.74 Å². The second kappa shape index (κ2) is 13.6. The number of rotatable bonds is 12. The zero-order valence-electron chi connectivity index (χ0n) is 22.5. The Morgan fingerprint density at radius 2 is 1.62 bits per heavy atom. The molecule has 1 atom stereocenters. The van der Waals surface area contributed by atoms with E-state index in [1.165, 1.54) is 12.0 Å². The third-order valence-corrected chi connectivity index (χ3v) is 7.60. The van der Waals surface area contributed by atoms with Gasteiger partial charge in [-0.2, -0.15) is 0 Å². The van der Waals surface area contributed by atoms with Crippen LogP contribution in [0, 0.1) is 0 Å². The SMILES string of the molecule is COc1cccc(N(CC(=O)N(Cc2cccc(Br)c2)[C@@H](Cc2ccccc2)C(=O)NC(C)C)S(C)(=O)=O)c1. The first-order valence-corrected chi connectivity index (χ1v) is 15.1. The number of carbonyl (C=O) groups is 2. The number of amides is 2. The molecule has 0 bridgehead atoms. The molecule has 39 heavy (non-hydrogen) atoms. The lowest BCUT2D eigenvalue weighted by atomic mass is 10.0. The molecule has 8 nitrogen and oxygen atoms in total. The van der Waals surface area contributed by atoms with Crippen molar-refractivity contribution in [3.8, 4) is 5.75 Å². The molecule has 0 unspecified atom stereocenters. The minimum Gasteiger partial charge on any atom is -0.497 e. The van der Waals surface area contributed by atoms with Crippen molar-refractivity contribution in [2.24, 2.45) is 0 Å². The van der Waals surface area contributed by atoms with E-state index >= 15 is 0 Å². The minimum atomic E-state index is -3.85. The number of anilines is 1. The van der Waals surface area contributed by atoms with E-state index in [1.807, 2.05) is 68.4 Å². The van der Waals surface area contributed by atoms with Gasteiger partial charge in [-0.25, -0.2) is 8.42 Å². The molecule has 0 aliphatic heterocycles. The highest BCUT2D eigenvalue weighted by atomic mass is 79.9. The standard InChI is InChI=1S/C29H34BrN3O5S/c1-21(2)31-29(35)27(17-22-10-6-5-7-11-22)32(19-23-12-8-13-24(30)16-23)28(34)20-33(39(4,36)37)25-14-9-15-26(18-25)38-3/h5-16,18,21,27H,17,19-20H2,1-4H3,(H,31,35)/t27-/m0/s1. The second-order valence-electron chi connectivity index (χ2n) is 9.49. The monoisotopic (exact) mass is 615 g/mol. The van der Waals surface area contributed by atoms with Gasteiger partial charge in [0, 0.05) is 29.5 Å². The van der Waals surface area contributed by atoms with Crippen LogP contribution in [0.1, 0.15) is 25.0 Å². The molecule has 208 valence electrons. The molecular weight excluding hydrogens is 582 g/mol. The maximum atomic E-state index is 14.0. The first-order chi connectivity index (χ1) is 18.5. The summed E-state index contributed by atoms with van der Waals surface area (Å²) >= 11 is 3.47. The van der Waals surface area contributed by atoms with Gasteiger partial charge < -0.3 is 15.0 Å². The maximum Gasteiger partial charge on any atom is 0.244 e. The molecule has 0 aliphatic rings. The van der Waals surface area contributed by atoms with Crippen LogP contribution in [0.25, 0.3) is 0 Å². The van der Waals surface area contributed by atoms with Crippen LogP contribution in [-0.2, 0) is 32.6 Å². The minimum absolute atomic E-state index is 0.108. The third kappa shape index (κ3) is 8.83. The van der Waals surface area contributed by atoms with Crippen LogP contribution >= 0.6 is 15.9 Å². The fraction of sp³-hybridized carbons (Fsp3) is 0.310. The molecule has 0 aromatic heterocycles. The fourth-order valence-corrected chi connectivity index (χ4v) is 5.43. The number of hydrogen-bond acceptors (Lipinski definition) is 5. The summed E-state index contributed by atoms with van der Waals surface area (Å²) in [6.07, 6.45) is 1.31. The van der Waals surface area contributed by atoms with Crippen molar-refractivity contribution in [3.63, 3.8) is 0 Å². The Morgan fingerprint density at radius 1 is 0.949 bits per heavy atom. The van der Waals surface area contributed by atoms with Gasteiger partial charge >= 0.3 is 0 Å².